The topological polar surface area (TPSA) is 67.3 Å². The number of anilines is 1. The second-order valence-corrected chi connectivity index (χ2v) is 6.37. The maximum atomic E-state index is 12.6. The Morgan fingerprint density at radius 3 is 2.38 bits per heavy atom. The van der Waals surface area contributed by atoms with Crippen LogP contribution in [0.25, 0.3) is 0 Å². The van der Waals surface area contributed by atoms with Crippen LogP contribution in [0.3, 0.4) is 0 Å². The Morgan fingerprint density at radius 2 is 1.79 bits per heavy atom. The highest BCUT2D eigenvalue weighted by molar-refractivity contribution is 5.93. The molecule has 2 aromatic rings. The van der Waals surface area contributed by atoms with Crippen LogP contribution in [0.5, 0.6) is 0 Å². The molecule has 1 aromatic carbocycles. The van der Waals surface area contributed by atoms with E-state index < -0.39 is 5.54 Å². The van der Waals surface area contributed by atoms with Crippen molar-refractivity contribution >= 4 is 11.7 Å². The van der Waals surface area contributed by atoms with E-state index in [0.717, 1.165) is 24.5 Å². The van der Waals surface area contributed by atoms with Crippen molar-refractivity contribution in [1.82, 2.24) is 15.5 Å². The van der Waals surface area contributed by atoms with E-state index in [1.807, 2.05) is 36.4 Å². The Balaban J connectivity index is 1.49. The summed E-state index contributed by atoms with van der Waals surface area (Å²) in [5.41, 5.74) is 0.916. The summed E-state index contributed by atoms with van der Waals surface area (Å²) in [6, 6.07) is 13.5. The molecule has 2 aliphatic rings. The smallest absolute Gasteiger partial charge is 0.272 e. The Labute approximate surface area is 140 Å². The molecule has 2 fully saturated rings. The van der Waals surface area contributed by atoms with E-state index in [2.05, 4.69) is 20.4 Å². The Bertz CT molecular complexity index is 708. The predicted octanol–water partition coefficient (Wildman–Crippen LogP) is 1.73. The fraction of sp³-hybridized carbons (Fsp3) is 0.389. The molecule has 0 aliphatic carbocycles. The lowest BCUT2D eigenvalue weighted by atomic mass is 9.88. The van der Waals surface area contributed by atoms with Crippen molar-refractivity contribution in [2.75, 3.05) is 31.2 Å². The van der Waals surface area contributed by atoms with E-state index in [1.165, 1.54) is 12.8 Å². The van der Waals surface area contributed by atoms with Crippen molar-refractivity contribution in [3.63, 3.8) is 0 Å². The number of nitrogens with one attached hydrogen (secondary N) is 1. The fourth-order valence-corrected chi connectivity index (χ4v) is 3.22. The van der Waals surface area contributed by atoms with Crippen LogP contribution < -0.4 is 10.2 Å². The Kier molecular flexibility index (Phi) is 3.90. The van der Waals surface area contributed by atoms with Gasteiger partial charge in [0.1, 0.15) is 5.54 Å². The van der Waals surface area contributed by atoms with Crippen molar-refractivity contribution in [2.45, 2.75) is 18.4 Å². The first-order valence-corrected chi connectivity index (χ1v) is 8.31. The SMILES string of the molecule is O=C(NC1(c2ccccc2)COC1)c1ccc(N2CCCC2)nn1. The molecular formula is C18H20N4O2. The van der Waals surface area contributed by atoms with Crippen molar-refractivity contribution in [3.05, 3.63) is 53.7 Å². The number of rotatable bonds is 4. The number of carbonyl (C=O) groups is 1. The number of hydrogen-bond donors (Lipinski definition) is 1. The number of benzene rings is 1. The molecule has 6 heteroatoms. The molecule has 0 spiro atoms. The predicted molar refractivity (Wildman–Crippen MR) is 89.9 cm³/mol. The summed E-state index contributed by atoms with van der Waals surface area (Å²) in [5.74, 6) is 0.622. The second kappa shape index (κ2) is 6.20. The molecule has 2 aliphatic heterocycles. The van der Waals surface area contributed by atoms with Gasteiger partial charge in [-0.1, -0.05) is 30.3 Å². The van der Waals surface area contributed by atoms with Crippen molar-refractivity contribution in [3.8, 4) is 0 Å². The van der Waals surface area contributed by atoms with Gasteiger partial charge in [0, 0.05) is 13.1 Å². The average Bonchev–Trinajstić information content (AvgIpc) is 3.13. The molecule has 0 unspecified atom stereocenters. The van der Waals surface area contributed by atoms with E-state index in [1.54, 1.807) is 6.07 Å². The van der Waals surface area contributed by atoms with Crippen LogP contribution >= 0.6 is 0 Å². The lowest BCUT2D eigenvalue weighted by molar-refractivity contribution is -0.0734. The number of ether oxygens (including phenoxy) is 1. The van der Waals surface area contributed by atoms with Gasteiger partial charge >= 0.3 is 0 Å². The first-order chi connectivity index (χ1) is 11.8. The molecule has 1 amide bonds. The quantitative estimate of drug-likeness (QED) is 0.928. The van der Waals surface area contributed by atoms with Gasteiger partial charge in [-0.25, -0.2) is 0 Å². The molecule has 3 heterocycles. The van der Waals surface area contributed by atoms with Gasteiger partial charge < -0.3 is 15.0 Å². The summed E-state index contributed by atoms with van der Waals surface area (Å²) in [7, 11) is 0. The second-order valence-electron chi connectivity index (χ2n) is 6.37. The third kappa shape index (κ3) is 2.73. The van der Waals surface area contributed by atoms with Crippen LogP contribution in [-0.2, 0) is 10.3 Å². The number of hydrogen-bond acceptors (Lipinski definition) is 5. The Hall–Kier alpha value is -2.47. The van der Waals surface area contributed by atoms with Crippen LogP contribution in [0.2, 0.25) is 0 Å². The molecule has 1 N–H and O–H groups in total. The van der Waals surface area contributed by atoms with Gasteiger partial charge in [-0.2, -0.15) is 0 Å². The first-order valence-electron chi connectivity index (χ1n) is 8.31. The van der Waals surface area contributed by atoms with Crippen molar-refractivity contribution in [1.29, 1.82) is 0 Å². The van der Waals surface area contributed by atoms with Gasteiger partial charge in [-0.3, -0.25) is 4.79 Å². The first kappa shape index (κ1) is 15.1. The fourth-order valence-electron chi connectivity index (χ4n) is 3.22. The van der Waals surface area contributed by atoms with E-state index in [-0.39, 0.29) is 5.91 Å². The van der Waals surface area contributed by atoms with Gasteiger partial charge in [0.2, 0.25) is 0 Å². The zero-order valence-electron chi connectivity index (χ0n) is 13.4. The van der Waals surface area contributed by atoms with Crippen LogP contribution in [-0.4, -0.2) is 42.4 Å². The molecule has 0 atom stereocenters. The lowest BCUT2D eigenvalue weighted by Crippen LogP contribution is -2.59. The van der Waals surface area contributed by atoms with Crippen molar-refractivity contribution < 1.29 is 9.53 Å². The molecule has 0 radical (unpaired) electrons. The number of amides is 1. The molecule has 0 bridgehead atoms. The third-order valence-electron chi connectivity index (χ3n) is 4.69. The minimum Gasteiger partial charge on any atom is -0.376 e. The minimum atomic E-state index is -0.465. The molecule has 6 nitrogen and oxygen atoms in total. The van der Waals surface area contributed by atoms with Gasteiger partial charge in [-0.15, -0.1) is 10.2 Å². The standard InChI is InChI=1S/C18H20N4O2/c23-17(15-8-9-16(21-20-15)22-10-4-5-11-22)19-18(12-24-13-18)14-6-2-1-3-7-14/h1-3,6-9H,4-5,10-13H2,(H,19,23). The van der Waals surface area contributed by atoms with Crippen LogP contribution in [0.4, 0.5) is 5.82 Å². The largest absolute Gasteiger partial charge is 0.376 e. The van der Waals surface area contributed by atoms with Gasteiger partial charge in [0.05, 0.1) is 13.2 Å². The summed E-state index contributed by atoms with van der Waals surface area (Å²) < 4.78 is 5.36. The van der Waals surface area contributed by atoms with Gasteiger partial charge in [0.15, 0.2) is 11.5 Å². The third-order valence-corrected chi connectivity index (χ3v) is 4.69. The summed E-state index contributed by atoms with van der Waals surface area (Å²) >= 11 is 0. The number of nitrogens with zero attached hydrogens (tertiary/aromatic N) is 3. The summed E-state index contributed by atoms with van der Waals surface area (Å²) in [4.78, 5) is 14.8. The van der Waals surface area contributed by atoms with Gasteiger partial charge in [-0.05, 0) is 30.5 Å². The summed E-state index contributed by atoms with van der Waals surface area (Å²) in [5, 5.41) is 11.4. The highest BCUT2D eigenvalue weighted by Crippen LogP contribution is 2.29. The maximum Gasteiger partial charge on any atom is 0.272 e. The highest BCUT2D eigenvalue weighted by Gasteiger charge is 2.42. The molecule has 124 valence electrons. The molecule has 24 heavy (non-hydrogen) atoms. The molecule has 2 saturated heterocycles. The number of aromatic nitrogens is 2. The molecule has 1 aromatic heterocycles. The summed E-state index contributed by atoms with van der Waals surface area (Å²) in [6.45, 7) is 2.97. The van der Waals surface area contributed by atoms with E-state index in [0.29, 0.717) is 18.9 Å². The Morgan fingerprint density at radius 1 is 1.04 bits per heavy atom. The van der Waals surface area contributed by atoms with Crippen LogP contribution in [0.15, 0.2) is 42.5 Å². The molecular weight excluding hydrogens is 304 g/mol. The highest BCUT2D eigenvalue weighted by atomic mass is 16.5. The lowest BCUT2D eigenvalue weighted by Gasteiger charge is -2.42. The van der Waals surface area contributed by atoms with E-state index in [9.17, 15) is 4.79 Å². The average molecular weight is 324 g/mol. The van der Waals surface area contributed by atoms with Gasteiger partial charge in [0.25, 0.3) is 5.91 Å². The monoisotopic (exact) mass is 324 g/mol. The van der Waals surface area contributed by atoms with Crippen LogP contribution in [0.1, 0.15) is 28.9 Å². The molecule has 0 saturated carbocycles. The number of carbonyl (C=O) groups excluding carboxylic acids is 1. The zero-order chi connectivity index (χ0) is 16.4. The summed E-state index contributed by atoms with van der Waals surface area (Å²) in [6.07, 6.45) is 2.37. The normalized spacial score (nSPS) is 18.9. The molecule has 4 rings (SSSR count). The van der Waals surface area contributed by atoms with Crippen molar-refractivity contribution in [2.24, 2.45) is 0 Å². The minimum absolute atomic E-state index is 0.220. The van der Waals surface area contributed by atoms with E-state index >= 15 is 0 Å². The van der Waals surface area contributed by atoms with Crippen LogP contribution in [0, 0.1) is 0 Å². The maximum absolute atomic E-state index is 12.6. The zero-order valence-corrected chi connectivity index (χ0v) is 13.4. The van der Waals surface area contributed by atoms with E-state index in [4.69, 9.17) is 4.74 Å².